The van der Waals surface area contributed by atoms with E-state index in [0.29, 0.717) is 11.4 Å². The quantitative estimate of drug-likeness (QED) is 0.611. The number of nitrogens with one attached hydrogen (secondary N) is 1. The minimum absolute atomic E-state index is 0.185. The highest BCUT2D eigenvalue weighted by molar-refractivity contribution is 6.15. The molecule has 1 aliphatic heterocycles. The maximum atomic E-state index is 11.5. The van der Waals surface area contributed by atoms with Gasteiger partial charge in [-0.15, -0.1) is 0 Å². The van der Waals surface area contributed by atoms with Crippen LogP contribution in [0.3, 0.4) is 0 Å². The van der Waals surface area contributed by atoms with Crippen molar-refractivity contribution < 1.29 is 15.0 Å². The zero-order valence-electron chi connectivity index (χ0n) is 8.98. The van der Waals surface area contributed by atoms with E-state index in [4.69, 9.17) is 5.11 Å². The Morgan fingerprint density at radius 2 is 1.94 bits per heavy atom. The third-order valence-electron chi connectivity index (χ3n) is 2.43. The molecule has 1 heterocycles. The molecular formula is C11H12N2O3. The molecule has 16 heavy (non-hydrogen) atoms. The molecule has 0 atom stereocenters. The van der Waals surface area contributed by atoms with Crippen LogP contribution < -0.4 is 5.32 Å². The molecule has 0 saturated heterocycles. The van der Waals surface area contributed by atoms with Crippen molar-refractivity contribution >= 4 is 11.7 Å². The van der Waals surface area contributed by atoms with Crippen LogP contribution in [0, 0.1) is 0 Å². The molecule has 0 radical (unpaired) electrons. The monoisotopic (exact) mass is 220 g/mol. The van der Waals surface area contributed by atoms with Crippen molar-refractivity contribution in [1.82, 2.24) is 5.32 Å². The maximum absolute atomic E-state index is 11.5. The van der Waals surface area contributed by atoms with Gasteiger partial charge in [0, 0.05) is 5.56 Å². The molecule has 0 saturated carbocycles. The van der Waals surface area contributed by atoms with Crippen molar-refractivity contribution in [2.24, 2.45) is 4.99 Å². The summed E-state index contributed by atoms with van der Waals surface area (Å²) in [5.41, 5.74) is -0.225. The minimum Gasteiger partial charge on any atom is -0.504 e. The van der Waals surface area contributed by atoms with E-state index in [0.717, 1.165) is 0 Å². The number of aliphatic imine (C=N–C) groups is 1. The average molecular weight is 220 g/mol. The van der Waals surface area contributed by atoms with Crippen LogP contribution in [0.4, 0.5) is 0 Å². The molecule has 1 aromatic rings. The lowest BCUT2D eigenvalue weighted by molar-refractivity contribution is -0.122. The van der Waals surface area contributed by atoms with Crippen molar-refractivity contribution in [3.8, 4) is 11.5 Å². The van der Waals surface area contributed by atoms with Crippen molar-refractivity contribution in [3.63, 3.8) is 0 Å². The number of phenols is 2. The SMILES string of the molecule is CC1(C)N=C(c2ccc(O)c(O)c2)NC1=O. The predicted octanol–water partition coefficient (Wildman–Crippen LogP) is 0.753. The summed E-state index contributed by atoms with van der Waals surface area (Å²) in [7, 11) is 0. The molecule has 0 bridgehead atoms. The van der Waals surface area contributed by atoms with E-state index in [9.17, 15) is 9.90 Å². The van der Waals surface area contributed by atoms with Gasteiger partial charge in [-0.3, -0.25) is 9.79 Å². The van der Waals surface area contributed by atoms with Gasteiger partial charge >= 0.3 is 0 Å². The second-order valence-electron chi connectivity index (χ2n) is 4.18. The van der Waals surface area contributed by atoms with E-state index in [2.05, 4.69) is 10.3 Å². The lowest BCUT2D eigenvalue weighted by Crippen LogP contribution is -2.34. The van der Waals surface area contributed by atoms with Crippen LogP contribution in [0.25, 0.3) is 0 Å². The number of carbonyl (C=O) groups excluding carboxylic acids is 1. The number of hydrogen-bond acceptors (Lipinski definition) is 4. The lowest BCUT2D eigenvalue weighted by Gasteiger charge is -2.07. The van der Waals surface area contributed by atoms with Crippen molar-refractivity contribution in [2.75, 3.05) is 0 Å². The van der Waals surface area contributed by atoms with Gasteiger partial charge in [0.25, 0.3) is 5.91 Å². The third kappa shape index (κ3) is 1.60. The normalized spacial score (nSPS) is 18.1. The first-order chi connectivity index (χ1) is 7.40. The Balaban J connectivity index is 2.40. The Hall–Kier alpha value is -2.04. The summed E-state index contributed by atoms with van der Waals surface area (Å²) < 4.78 is 0. The van der Waals surface area contributed by atoms with Crippen molar-refractivity contribution in [2.45, 2.75) is 19.4 Å². The van der Waals surface area contributed by atoms with E-state index >= 15 is 0 Å². The smallest absolute Gasteiger partial charge is 0.252 e. The Labute approximate surface area is 92.4 Å². The molecular weight excluding hydrogens is 208 g/mol. The standard InChI is InChI=1S/C11H12N2O3/c1-11(2)10(16)12-9(13-11)6-3-4-7(14)8(15)5-6/h3-5,14-15H,1-2H3,(H,12,13,16). The van der Waals surface area contributed by atoms with Crippen LogP contribution in [-0.2, 0) is 4.79 Å². The molecule has 0 aromatic heterocycles. The van der Waals surface area contributed by atoms with Gasteiger partial charge in [0.05, 0.1) is 0 Å². The zero-order chi connectivity index (χ0) is 11.9. The number of nitrogens with zero attached hydrogens (tertiary/aromatic N) is 1. The average Bonchev–Trinajstić information content (AvgIpc) is 2.46. The largest absolute Gasteiger partial charge is 0.504 e. The van der Waals surface area contributed by atoms with Crippen LogP contribution >= 0.6 is 0 Å². The van der Waals surface area contributed by atoms with Crippen LogP contribution in [-0.4, -0.2) is 27.5 Å². The highest BCUT2D eigenvalue weighted by atomic mass is 16.3. The summed E-state index contributed by atoms with van der Waals surface area (Å²) in [6.45, 7) is 3.41. The summed E-state index contributed by atoms with van der Waals surface area (Å²) in [5, 5.41) is 21.1. The van der Waals surface area contributed by atoms with Crippen LogP contribution in [0.15, 0.2) is 23.2 Å². The molecule has 5 nitrogen and oxygen atoms in total. The minimum atomic E-state index is -0.789. The Bertz CT molecular complexity index is 492. The summed E-state index contributed by atoms with van der Waals surface area (Å²) in [6, 6.07) is 4.29. The number of amidine groups is 1. The zero-order valence-corrected chi connectivity index (χ0v) is 8.98. The number of benzene rings is 1. The number of amides is 1. The Morgan fingerprint density at radius 1 is 1.25 bits per heavy atom. The summed E-state index contributed by atoms with van der Waals surface area (Å²) in [5.74, 6) is -0.215. The second kappa shape index (κ2) is 3.23. The molecule has 0 aliphatic carbocycles. The number of rotatable bonds is 1. The highest BCUT2D eigenvalue weighted by Crippen LogP contribution is 2.26. The fourth-order valence-corrected chi connectivity index (χ4v) is 1.43. The molecule has 3 N–H and O–H groups in total. The summed E-state index contributed by atoms with van der Waals surface area (Å²) in [4.78, 5) is 15.7. The lowest BCUT2D eigenvalue weighted by atomic mass is 10.1. The van der Waals surface area contributed by atoms with E-state index in [1.807, 2.05) is 0 Å². The van der Waals surface area contributed by atoms with Gasteiger partial charge in [-0.25, -0.2) is 0 Å². The topological polar surface area (TPSA) is 81.9 Å². The molecule has 0 unspecified atom stereocenters. The number of carbonyl (C=O) groups is 1. The molecule has 1 aliphatic rings. The second-order valence-corrected chi connectivity index (χ2v) is 4.18. The van der Waals surface area contributed by atoms with Crippen molar-refractivity contribution in [3.05, 3.63) is 23.8 Å². The van der Waals surface area contributed by atoms with Gasteiger partial charge in [-0.05, 0) is 32.0 Å². The first-order valence-corrected chi connectivity index (χ1v) is 4.84. The highest BCUT2D eigenvalue weighted by Gasteiger charge is 2.34. The molecule has 1 aromatic carbocycles. The molecule has 0 spiro atoms. The first-order valence-electron chi connectivity index (χ1n) is 4.84. The Kier molecular flexibility index (Phi) is 2.11. The fourth-order valence-electron chi connectivity index (χ4n) is 1.43. The maximum Gasteiger partial charge on any atom is 0.252 e. The molecule has 84 valence electrons. The van der Waals surface area contributed by atoms with Gasteiger partial charge in [-0.2, -0.15) is 0 Å². The fraction of sp³-hybridized carbons (Fsp3) is 0.273. The predicted molar refractivity (Wildman–Crippen MR) is 58.5 cm³/mol. The van der Waals surface area contributed by atoms with Gasteiger partial charge in [0.15, 0.2) is 11.5 Å². The molecule has 0 fully saturated rings. The third-order valence-corrected chi connectivity index (χ3v) is 2.43. The van der Waals surface area contributed by atoms with Gasteiger partial charge < -0.3 is 15.5 Å². The molecule has 1 amide bonds. The van der Waals surface area contributed by atoms with Gasteiger partial charge in [0.2, 0.25) is 0 Å². The molecule has 5 heteroatoms. The number of hydrogen-bond donors (Lipinski definition) is 3. The van der Waals surface area contributed by atoms with E-state index in [1.165, 1.54) is 12.1 Å². The Morgan fingerprint density at radius 3 is 2.44 bits per heavy atom. The summed E-state index contributed by atoms with van der Waals surface area (Å²) in [6.07, 6.45) is 0. The first kappa shape index (κ1) is 10.5. The summed E-state index contributed by atoms with van der Waals surface area (Å²) >= 11 is 0. The van der Waals surface area contributed by atoms with E-state index < -0.39 is 5.54 Å². The van der Waals surface area contributed by atoms with Crippen LogP contribution in [0.1, 0.15) is 19.4 Å². The van der Waals surface area contributed by atoms with Gasteiger partial charge in [0.1, 0.15) is 11.4 Å². The number of phenolic OH excluding ortho intramolecular Hbond substituents is 2. The van der Waals surface area contributed by atoms with E-state index in [-0.39, 0.29) is 17.4 Å². The van der Waals surface area contributed by atoms with E-state index in [1.54, 1.807) is 19.9 Å². The number of aromatic hydroxyl groups is 2. The van der Waals surface area contributed by atoms with Crippen molar-refractivity contribution in [1.29, 1.82) is 0 Å². The van der Waals surface area contributed by atoms with Gasteiger partial charge in [-0.1, -0.05) is 0 Å². The molecule has 2 rings (SSSR count). The van der Waals surface area contributed by atoms with Crippen LogP contribution in [0.2, 0.25) is 0 Å². The van der Waals surface area contributed by atoms with Crippen LogP contribution in [0.5, 0.6) is 11.5 Å².